The molecular weight excluding hydrogens is 257 g/mol. The largest absolute Gasteiger partial charge is 0.497 e. The van der Waals surface area contributed by atoms with Crippen LogP contribution in [-0.2, 0) is 9.84 Å². The van der Waals surface area contributed by atoms with Crippen LogP contribution in [0.2, 0.25) is 0 Å². The molecule has 1 aromatic carbocycles. The predicted molar refractivity (Wildman–Crippen MR) is 56.4 cm³/mol. The van der Waals surface area contributed by atoms with Gasteiger partial charge in [0.2, 0.25) is 9.84 Å². The van der Waals surface area contributed by atoms with E-state index < -0.39 is 21.1 Å². The van der Waals surface area contributed by atoms with Gasteiger partial charge in [-0.1, -0.05) is 18.2 Å². The summed E-state index contributed by atoms with van der Waals surface area (Å²) in [6, 6.07) is 8.46. The minimum absolute atomic E-state index is 0.0701. The summed E-state index contributed by atoms with van der Waals surface area (Å²) in [5, 5.41) is 0. The quantitative estimate of drug-likeness (QED) is 0.770. The average molecular weight is 268 g/mol. The molecule has 1 rings (SSSR count). The van der Waals surface area contributed by atoms with Crippen molar-refractivity contribution < 1.29 is 26.3 Å². The van der Waals surface area contributed by atoms with Gasteiger partial charge < -0.3 is 4.74 Å². The fraction of sp³-hybridized carbons (Fsp3) is 0.400. The SMILES string of the molecule is O=S(=O)(CCCOc1ccccc1)C(F)(F)F. The highest BCUT2D eigenvalue weighted by atomic mass is 32.2. The molecule has 0 aliphatic heterocycles. The van der Waals surface area contributed by atoms with Crippen LogP contribution in [0, 0.1) is 0 Å². The lowest BCUT2D eigenvalue weighted by atomic mass is 10.3. The number of para-hydroxylation sites is 1. The van der Waals surface area contributed by atoms with Gasteiger partial charge in [-0.05, 0) is 18.6 Å². The monoisotopic (exact) mass is 268 g/mol. The van der Waals surface area contributed by atoms with E-state index in [1.54, 1.807) is 30.3 Å². The lowest BCUT2D eigenvalue weighted by molar-refractivity contribution is -0.0436. The topological polar surface area (TPSA) is 43.4 Å². The fourth-order valence-corrected chi connectivity index (χ4v) is 1.80. The van der Waals surface area contributed by atoms with Crippen molar-refractivity contribution in [1.82, 2.24) is 0 Å². The summed E-state index contributed by atoms with van der Waals surface area (Å²) in [6.07, 6.45) is -0.198. The summed E-state index contributed by atoms with van der Waals surface area (Å²) in [5.74, 6) is -0.458. The Hall–Kier alpha value is -1.24. The van der Waals surface area contributed by atoms with Crippen molar-refractivity contribution in [3.63, 3.8) is 0 Å². The minimum Gasteiger partial charge on any atom is -0.494 e. The zero-order valence-corrected chi connectivity index (χ0v) is 9.59. The molecule has 0 unspecified atom stereocenters. The van der Waals surface area contributed by atoms with Gasteiger partial charge in [0.1, 0.15) is 5.75 Å². The number of hydrogen-bond acceptors (Lipinski definition) is 3. The van der Waals surface area contributed by atoms with Crippen molar-refractivity contribution in [2.24, 2.45) is 0 Å². The summed E-state index contributed by atoms with van der Waals surface area (Å²) in [5.41, 5.74) is -5.18. The average Bonchev–Trinajstić information content (AvgIpc) is 2.24. The minimum atomic E-state index is -5.18. The number of benzene rings is 1. The Kier molecular flexibility index (Phi) is 4.39. The fourth-order valence-electron chi connectivity index (χ4n) is 1.07. The van der Waals surface area contributed by atoms with Crippen molar-refractivity contribution in [2.75, 3.05) is 12.4 Å². The molecule has 0 spiro atoms. The maximum Gasteiger partial charge on any atom is 0.497 e. The Morgan fingerprint density at radius 3 is 2.24 bits per heavy atom. The molecule has 0 radical (unpaired) electrons. The van der Waals surface area contributed by atoms with Crippen LogP contribution in [0.15, 0.2) is 30.3 Å². The first kappa shape index (κ1) is 13.8. The Morgan fingerprint density at radius 2 is 1.71 bits per heavy atom. The Labute approximate surface area is 97.1 Å². The first-order valence-electron chi connectivity index (χ1n) is 4.80. The third kappa shape index (κ3) is 4.26. The number of ether oxygens (including phenoxy) is 1. The molecule has 0 saturated carbocycles. The number of alkyl halides is 3. The van der Waals surface area contributed by atoms with E-state index in [1.807, 2.05) is 0 Å². The van der Waals surface area contributed by atoms with Crippen LogP contribution in [0.4, 0.5) is 13.2 Å². The van der Waals surface area contributed by atoms with E-state index in [-0.39, 0.29) is 13.0 Å². The first-order chi connectivity index (χ1) is 7.83. The molecule has 0 fully saturated rings. The first-order valence-corrected chi connectivity index (χ1v) is 6.45. The molecule has 7 heteroatoms. The highest BCUT2D eigenvalue weighted by molar-refractivity contribution is 7.92. The third-order valence-corrected chi connectivity index (χ3v) is 3.45. The lowest BCUT2D eigenvalue weighted by Crippen LogP contribution is -2.26. The molecule has 1 aromatic rings. The molecule has 0 saturated heterocycles. The highest BCUT2D eigenvalue weighted by Gasteiger charge is 2.44. The summed E-state index contributed by atoms with van der Waals surface area (Å²) in [4.78, 5) is 0. The summed E-state index contributed by atoms with van der Waals surface area (Å²) in [7, 11) is -5.03. The number of sulfone groups is 1. The van der Waals surface area contributed by atoms with E-state index in [9.17, 15) is 21.6 Å². The summed E-state index contributed by atoms with van der Waals surface area (Å²) in [6.45, 7) is -0.0701. The van der Waals surface area contributed by atoms with Crippen LogP contribution in [0.1, 0.15) is 6.42 Å². The van der Waals surface area contributed by atoms with Gasteiger partial charge in [-0.3, -0.25) is 0 Å². The van der Waals surface area contributed by atoms with Crippen LogP contribution < -0.4 is 4.74 Å². The van der Waals surface area contributed by atoms with E-state index >= 15 is 0 Å². The van der Waals surface area contributed by atoms with Crippen molar-refractivity contribution in [3.8, 4) is 5.75 Å². The molecule has 96 valence electrons. The number of rotatable bonds is 5. The van der Waals surface area contributed by atoms with Gasteiger partial charge in [0.15, 0.2) is 0 Å². The highest BCUT2D eigenvalue weighted by Crippen LogP contribution is 2.24. The smallest absolute Gasteiger partial charge is 0.494 e. The maximum absolute atomic E-state index is 12.0. The van der Waals surface area contributed by atoms with E-state index in [0.29, 0.717) is 5.75 Å². The van der Waals surface area contributed by atoms with Gasteiger partial charge in [-0.25, -0.2) is 8.42 Å². The number of halogens is 3. The molecule has 3 nitrogen and oxygen atoms in total. The van der Waals surface area contributed by atoms with Gasteiger partial charge in [-0.15, -0.1) is 0 Å². The molecule has 0 N–H and O–H groups in total. The van der Waals surface area contributed by atoms with Gasteiger partial charge in [0, 0.05) is 0 Å². The molecule has 0 aromatic heterocycles. The molecule has 0 heterocycles. The molecule has 0 aliphatic carbocycles. The van der Waals surface area contributed by atoms with E-state index in [2.05, 4.69) is 0 Å². The van der Waals surface area contributed by atoms with Crippen LogP contribution >= 0.6 is 0 Å². The second-order valence-corrected chi connectivity index (χ2v) is 5.38. The standard InChI is InChI=1S/C10H11F3O3S/c11-10(12,13)17(14,15)8-4-7-16-9-5-2-1-3-6-9/h1-3,5-6H,4,7-8H2. The zero-order valence-electron chi connectivity index (χ0n) is 8.77. The zero-order chi connectivity index (χ0) is 12.9. The maximum atomic E-state index is 12.0. The van der Waals surface area contributed by atoms with Crippen molar-refractivity contribution in [1.29, 1.82) is 0 Å². The summed E-state index contributed by atoms with van der Waals surface area (Å²) >= 11 is 0. The van der Waals surface area contributed by atoms with E-state index in [1.165, 1.54) is 0 Å². The summed E-state index contributed by atoms with van der Waals surface area (Å²) < 4.78 is 62.3. The van der Waals surface area contributed by atoms with Crippen molar-refractivity contribution >= 4 is 9.84 Å². The molecule has 0 amide bonds. The van der Waals surface area contributed by atoms with Gasteiger partial charge in [0.25, 0.3) is 0 Å². The van der Waals surface area contributed by atoms with Crippen LogP contribution in [0.3, 0.4) is 0 Å². The van der Waals surface area contributed by atoms with Crippen LogP contribution in [-0.4, -0.2) is 26.3 Å². The second kappa shape index (κ2) is 5.39. The Bertz CT molecular complexity index is 440. The van der Waals surface area contributed by atoms with Crippen LogP contribution in [0.5, 0.6) is 5.75 Å². The van der Waals surface area contributed by atoms with Gasteiger partial charge >= 0.3 is 5.51 Å². The number of hydrogen-bond donors (Lipinski definition) is 0. The molecule has 17 heavy (non-hydrogen) atoms. The molecule has 0 atom stereocenters. The van der Waals surface area contributed by atoms with E-state index in [4.69, 9.17) is 4.74 Å². The van der Waals surface area contributed by atoms with Gasteiger partial charge in [-0.2, -0.15) is 13.2 Å². The van der Waals surface area contributed by atoms with Crippen molar-refractivity contribution in [2.45, 2.75) is 11.9 Å². The third-order valence-electron chi connectivity index (χ3n) is 1.92. The molecular formula is C10H11F3O3S. The Morgan fingerprint density at radius 1 is 1.12 bits per heavy atom. The van der Waals surface area contributed by atoms with Crippen molar-refractivity contribution in [3.05, 3.63) is 30.3 Å². The molecule has 0 bridgehead atoms. The van der Waals surface area contributed by atoms with E-state index in [0.717, 1.165) is 0 Å². The lowest BCUT2D eigenvalue weighted by Gasteiger charge is -2.08. The Balaban J connectivity index is 2.35. The predicted octanol–water partition coefficient (Wildman–Crippen LogP) is 2.39. The normalized spacial score (nSPS) is 12.4. The van der Waals surface area contributed by atoms with Gasteiger partial charge in [0.05, 0.1) is 12.4 Å². The van der Waals surface area contributed by atoms with Crippen LogP contribution in [0.25, 0.3) is 0 Å². The molecule has 0 aliphatic rings. The second-order valence-electron chi connectivity index (χ2n) is 3.28.